The molecule has 1 aromatic carbocycles. The van der Waals surface area contributed by atoms with Gasteiger partial charge >= 0.3 is 8.80 Å². The molecule has 0 saturated carbocycles. The zero-order valence-corrected chi connectivity index (χ0v) is 13.1. The summed E-state index contributed by atoms with van der Waals surface area (Å²) in [5, 5.41) is 11.1. The van der Waals surface area contributed by atoms with Crippen LogP contribution in [0.15, 0.2) is 12.1 Å². The lowest BCUT2D eigenvalue weighted by atomic mass is 10.3. The molecule has 0 atom stereocenters. The number of benzene rings is 1. The summed E-state index contributed by atoms with van der Waals surface area (Å²) in [7, 11) is -2.31. The lowest BCUT2D eigenvalue weighted by Crippen LogP contribution is -2.34. The van der Waals surface area contributed by atoms with E-state index in [1.165, 1.54) is 0 Å². The monoisotopic (exact) mass is 273 g/mol. The largest absolute Gasteiger partial charge is 0.542 e. The van der Waals surface area contributed by atoms with E-state index in [-0.39, 0.29) is 5.75 Å². The Balaban J connectivity index is 3.20. The van der Waals surface area contributed by atoms with Gasteiger partial charge < -0.3 is 9.53 Å². The third kappa shape index (κ3) is 3.54. The first-order valence-electron chi connectivity index (χ1n) is 5.23. The molecule has 0 fully saturated rings. The van der Waals surface area contributed by atoms with Gasteiger partial charge in [-0.2, -0.15) is 0 Å². The molecule has 0 saturated heterocycles. The minimum absolute atomic E-state index is 0.144. The van der Waals surface area contributed by atoms with E-state index in [1.54, 1.807) is 12.1 Å². The van der Waals surface area contributed by atoms with E-state index in [0.29, 0.717) is 5.02 Å². The van der Waals surface area contributed by atoms with Crippen molar-refractivity contribution < 1.29 is 9.53 Å². The van der Waals surface area contributed by atoms with Crippen molar-refractivity contribution >= 4 is 33.9 Å². The summed E-state index contributed by atoms with van der Waals surface area (Å²) in [5.41, 5.74) is 0. The normalized spacial score (nSPS) is 11.4. The molecule has 2 nitrogen and oxygen atoms in total. The van der Waals surface area contributed by atoms with Gasteiger partial charge in [0, 0.05) is 12.1 Å². The zero-order valence-electron chi connectivity index (χ0n) is 10.4. The van der Waals surface area contributed by atoms with Crippen LogP contribution in [0.1, 0.15) is 0 Å². The molecule has 0 aliphatic carbocycles. The van der Waals surface area contributed by atoms with Crippen LogP contribution >= 0.6 is 11.6 Å². The second-order valence-corrected chi connectivity index (χ2v) is 12.4. The van der Waals surface area contributed by atoms with E-state index >= 15 is 0 Å². The summed E-state index contributed by atoms with van der Waals surface area (Å²) in [6.07, 6.45) is 0. The van der Waals surface area contributed by atoms with Crippen molar-refractivity contribution in [1.82, 2.24) is 0 Å². The molecule has 0 radical (unpaired) electrons. The lowest BCUT2D eigenvalue weighted by molar-refractivity contribution is 0.474. The Labute approximate surface area is 105 Å². The molecule has 5 heteroatoms. The number of halogens is 1. The molecule has 0 aliphatic heterocycles. The van der Waals surface area contributed by atoms with Gasteiger partial charge in [-0.25, -0.2) is 0 Å². The molecule has 1 rings (SSSR count). The van der Waals surface area contributed by atoms with E-state index in [4.69, 9.17) is 16.0 Å². The van der Waals surface area contributed by atoms with Crippen LogP contribution in [0.5, 0.6) is 11.5 Å². The molecule has 0 spiro atoms. The first-order valence-corrected chi connectivity index (χ1v) is 11.5. The van der Waals surface area contributed by atoms with Gasteiger partial charge in [-0.05, 0) is 19.6 Å². The summed E-state index contributed by atoms with van der Waals surface area (Å²) in [6.45, 7) is 10.7. The van der Waals surface area contributed by atoms with Crippen LogP contribution in [0, 0.1) is 0 Å². The molecular formula is C11H18ClO2Si2+. The van der Waals surface area contributed by atoms with Gasteiger partial charge in [-0.3, -0.25) is 0 Å². The number of aromatic hydroxyl groups is 1. The second-order valence-electron chi connectivity index (χ2n) is 5.01. The number of hydrogen-bond donors (Lipinski definition) is 1. The molecule has 88 valence electrons. The van der Waals surface area contributed by atoms with E-state index in [9.17, 15) is 5.11 Å². The van der Waals surface area contributed by atoms with E-state index in [1.807, 2.05) is 0 Å². The predicted octanol–water partition coefficient (Wildman–Crippen LogP) is 3.22. The van der Waals surface area contributed by atoms with Crippen molar-refractivity contribution in [2.45, 2.75) is 32.7 Å². The maximum absolute atomic E-state index is 9.61. The minimum Gasteiger partial charge on any atom is -0.542 e. The summed E-state index contributed by atoms with van der Waals surface area (Å²) < 4.78 is 6.00. The average Bonchev–Trinajstić information content (AvgIpc) is 2.07. The predicted molar refractivity (Wildman–Crippen MR) is 74.2 cm³/mol. The van der Waals surface area contributed by atoms with Crippen molar-refractivity contribution in [3.63, 3.8) is 0 Å². The van der Waals surface area contributed by atoms with Gasteiger partial charge in [0.2, 0.25) is 8.32 Å². The highest BCUT2D eigenvalue weighted by molar-refractivity contribution is 6.73. The second kappa shape index (κ2) is 4.81. The van der Waals surface area contributed by atoms with Gasteiger partial charge in [-0.15, -0.1) is 0 Å². The Bertz CT molecular complexity index is 386. The topological polar surface area (TPSA) is 29.5 Å². The van der Waals surface area contributed by atoms with Crippen LogP contribution in [-0.2, 0) is 0 Å². The van der Waals surface area contributed by atoms with Crippen LogP contribution in [0.4, 0.5) is 0 Å². The van der Waals surface area contributed by atoms with Crippen molar-refractivity contribution in [1.29, 1.82) is 0 Å². The Kier molecular flexibility index (Phi) is 4.09. The summed E-state index contributed by atoms with van der Waals surface area (Å²) in [4.78, 5) is 0. The maximum atomic E-state index is 9.61. The van der Waals surface area contributed by atoms with Gasteiger partial charge in [0.25, 0.3) is 0 Å². The van der Waals surface area contributed by atoms with Crippen LogP contribution in [0.3, 0.4) is 0 Å². The quantitative estimate of drug-likeness (QED) is 0.857. The number of phenolic OH excluding ortho intramolecular Hbond substituents is 1. The Morgan fingerprint density at radius 2 is 1.81 bits per heavy atom. The Hall–Kier alpha value is -0.456. The number of rotatable bonds is 3. The van der Waals surface area contributed by atoms with Gasteiger partial charge in [0.15, 0.2) is 0 Å². The average molecular weight is 274 g/mol. The van der Waals surface area contributed by atoms with Gasteiger partial charge in [-0.1, -0.05) is 11.6 Å². The Morgan fingerprint density at radius 1 is 1.25 bits per heavy atom. The van der Waals surface area contributed by atoms with Crippen LogP contribution in [0.25, 0.3) is 0 Å². The Morgan fingerprint density at radius 3 is 2.25 bits per heavy atom. The van der Waals surface area contributed by atoms with Crippen LogP contribution < -0.4 is 9.61 Å². The number of hydrogen-bond acceptors (Lipinski definition) is 2. The molecular weight excluding hydrogens is 256 g/mol. The van der Waals surface area contributed by atoms with Crippen molar-refractivity contribution in [2.24, 2.45) is 0 Å². The molecule has 16 heavy (non-hydrogen) atoms. The highest BCUT2D eigenvalue weighted by atomic mass is 35.5. The molecule has 0 aromatic heterocycles. The highest BCUT2D eigenvalue weighted by Crippen LogP contribution is 2.28. The molecule has 0 aliphatic rings. The van der Waals surface area contributed by atoms with E-state index < -0.39 is 17.1 Å². The SMILES string of the molecule is C[Si+](C)c1cc(O)c(Cl)cc1O[Si](C)(C)C. The van der Waals surface area contributed by atoms with Crippen molar-refractivity contribution in [2.75, 3.05) is 0 Å². The smallest absolute Gasteiger partial charge is 0.349 e. The third-order valence-corrected chi connectivity index (χ3v) is 4.61. The van der Waals surface area contributed by atoms with Crippen molar-refractivity contribution in [3.05, 3.63) is 17.2 Å². The first-order chi connectivity index (χ1) is 7.20. The molecule has 1 aromatic rings. The van der Waals surface area contributed by atoms with Crippen LogP contribution in [0.2, 0.25) is 37.8 Å². The van der Waals surface area contributed by atoms with Gasteiger partial charge in [0.05, 0.1) is 18.1 Å². The first kappa shape index (κ1) is 13.6. The standard InChI is InChI=1S/C11H17ClO2Si2/c1-15(2)11-7-9(13)8(12)6-10(11)14-16(3,4)5/h6-7H,1-5H3/p+1. The fourth-order valence-corrected chi connectivity index (χ4v) is 3.47. The lowest BCUT2D eigenvalue weighted by Gasteiger charge is -2.20. The molecule has 0 heterocycles. The molecule has 1 N–H and O–H groups in total. The maximum Gasteiger partial charge on any atom is 0.349 e. The minimum atomic E-state index is -1.64. The van der Waals surface area contributed by atoms with Crippen molar-refractivity contribution in [3.8, 4) is 11.5 Å². The summed E-state index contributed by atoms with van der Waals surface area (Å²) >= 11 is 5.92. The van der Waals surface area contributed by atoms with Gasteiger partial charge in [0.1, 0.15) is 16.7 Å². The van der Waals surface area contributed by atoms with E-state index in [0.717, 1.165) is 10.9 Å². The third-order valence-electron chi connectivity index (χ3n) is 2.00. The summed E-state index contributed by atoms with van der Waals surface area (Å²) in [6, 6.07) is 3.48. The molecule has 0 unspecified atom stereocenters. The number of phenols is 1. The van der Waals surface area contributed by atoms with Crippen LogP contribution in [-0.4, -0.2) is 22.2 Å². The van der Waals surface area contributed by atoms with E-state index in [2.05, 4.69) is 32.7 Å². The molecule has 0 amide bonds. The fraction of sp³-hybridized carbons (Fsp3) is 0.455. The highest BCUT2D eigenvalue weighted by Gasteiger charge is 2.27. The zero-order chi connectivity index (χ0) is 12.5. The molecule has 0 bridgehead atoms. The summed E-state index contributed by atoms with van der Waals surface area (Å²) in [5.74, 6) is 0.992. The fourth-order valence-electron chi connectivity index (χ4n) is 1.35.